The van der Waals surface area contributed by atoms with Gasteiger partial charge in [-0.1, -0.05) is 45.9 Å². The summed E-state index contributed by atoms with van der Waals surface area (Å²) in [4.78, 5) is 28.5. The Hall–Kier alpha value is -2.12. The number of hydrogen-bond acceptors (Lipinski definition) is 4. The molecular formula is C17H14BrN3O2S. The number of carbonyl (C=O) groups is 2. The van der Waals surface area contributed by atoms with Crippen LogP contribution in [0.25, 0.3) is 0 Å². The number of nitrogens with zero attached hydrogens (tertiary/aromatic N) is 1. The van der Waals surface area contributed by atoms with Crippen molar-refractivity contribution >= 4 is 56.0 Å². The summed E-state index contributed by atoms with van der Waals surface area (Å²) in [7, 11) is 0. The van der Waals surface area contributed by atoms with Crippen LogP contribution in [-0.2, 0) is 9.59 Å². The van der Waals surface area contributed by atoms with E-state index >= 15 is 0 Å². The van der Waals surface area contributed by atoms with Crippen molar-refractivity contribution in [3.05, 3.63) is 59.1 Å². The van der Waals surface area contributed by atoms with Crippen molar-refractivity contribution in [1.29, 1.82) is 0 Å². The van der Waals surface area contributed by atoms with Crippen molar-refractivity contribution in [3.8, 4) is 0 Å². The molecule has 0 radical (unpaired) electrons. The van der Waals surface area contributed by atoms with Gasteiger partial charge >= 0.3 is 0 Å². The first-order valence-corrected chi connectivity index (χ1v) is 8.94. The standard InChI is InChI=1S/C17H14BrN3O2S/c18-11-6-8-13(9-7-11)19-15(22)10-14-16(23)21-17(24-14)20-12-4-2-1-3-5-12/h1-9,14H,10H2,(H,19,22)(H,20,21,23). The number of aliphatic imine (C=N–C) groups is 1. The zero-order valence-electron chi connectivity index (χ0n) is 12.5. The van der Waals surface area contributed by atoms with Crippen molar-refractivity contribution in [3.63, 3.8) is 0 Å². The Morgan fingerprint density at radius 2 is 1.88 bits per heavy atom. The van der Waals surface area contributed by atoms with Gasteiger partial charge in [-0.2, -0.15) is 0 Å². The van der Waals surface area contributed by atoms with Crippen molar-refractivity contribution in [1.82, 2.24) is 5.32 Å². The van der Waals surface area contributed by atoms with Crippen LogP contribution in [-0.4, -0.2) is 22.2 Å². The highest BCUT2D eigenvalue weighted by molar-refractivity contribution is 9.10. The second-order valence-corrected chi connectivity index (χ2v) is 7.21. The number of amides is 2. The first kappa shape index (κ1) is 16.7. The molecule has 1 heterocycles. The molecule has 2 aromatic carbocycles. The summed E-state index contributed by atoms with van der Waals surface area (Å²) in [5, 5.41) is 5.56. The van der Waals surface area contributed by atoms with Gasteiger partial charge in [-0.25, -0.2) is 4.99 Å². The van der Waals surface area contributed by atoms with Crippen LogP contribution in [0, 0.1) is 0 Å². The smallest absolute Gasteiger partial charge is 0.240 e. The quantitative estimate of drug-likeness (QED) is 0.817. The minimum atomic E-state index is -0.470. The van der Waals surface area contributed by atoms with Crippen molar-refractivity contribution in [2.24, 2.45) is 4.99 Å². The number of hydrogen-bond donors (Lipinski definition) is 2. The van der Waals surface area contributed by atoms with Crippen LogP contribution in [0.3, 0.4) is 0 Å². The molecule has 0 bridgehead atoms. The van der Waals surface area contributed by atoms with Crippen LogP contribution in [0.5, 0.6) is 0 Å². The zero-order valence-corrected chi connectivity index (χ0v) is 14.9. The number of rotatable bonds is 4. The van der Waals surface area contributed by atoms with Crippen molar-refractivity contribution in [2.75, 3.05) is 5.32 Å². The SMILES string of the molecule is O=C(CC1SC(=Nc2ccccc2)NC1=O)Nc1ccc(Br)cc1. The summed E-state index contributed by atoms with van der Waals surface area (Å²) in [5.74, 6) is -0.397. The summed E-state index contributed by atoms with van der Waals surface area (Å²) < 4.78 is 0.938. The molecule has 1 aliphatic rings. The third-order valence-corrected chi connectivity index (χ3v) is 4.87. The van der Waals surface area contributed by atoms with Gasteiger partial charge in [0.05, 0.1) is 5.69 Å². The van der Waals surface area contributed by atoms with E-state index in [-0.39, 0.29) is 18.2 Å². The van der Waals surface area contributed by atoms with Gasteiger partial charge in [-0.3, -0.25) is 9.59 Å². The van der Waals surface area contributed by atoms with Crippen LogP contribution in [0.4, 0.5) is 11.4 Å². The van der Waals surface area contributed by atoms with E-state index in [1.165, 1.54) is 11.8 Å². The lowest BCUT2D eigenvalue weighted by Crippen LogP contribution is -2.28. The molecule has 1 unspecified atom stereocenters. The molecule has 2 N–H and O–H groups in total. The summed E-state index contributed by atoms with van der Waals surface area (Å²) in [6, 6.07) is 16.7. The van der Waals surface area contributed by atoms with E-state index in [2.05, 4.69) is 31.6 Å². The van der Waals surface area contributed by atoms with Crippen LogP contribution >= 0.6 is 27.7 Å². The fourth-order valence-corrected chi connectivity index (χ4v) is 3.38. The van der Waals surface area contributed by atoms with Crippen molar-refractivity contribution in [2.45, 2.75) is 11.7 Å². The van der Waals surface area contributed by atoms with E-state index in [0.29, 0.717) is 10.9 Å². The normalized spacial score (nSPS) is 18.5. The average molecular weight is 404 g/mol. The Morgan fingerprint density at radius 1 is 1.17 bits per heavy atom. The van der Waals surface area contributed by atoms with E-state index in [4.69, 9.17) is 0 Å². The molecule has 1 atom stereocenters. The first-order valence-electron chi connectivity index (χ1n) is 7.27. The molecule has 7 heteroatoms. The second kappa shape index (κ2) is 7.63. The maximum Gasteiger partial charge on any atom is 0.240 e. The lowest BCUT2D eigenvalue weighted by atomic mass is 10.2. The topological polar surface area (TPSA) is 70.6 Å². The highest BCUT2D eigenvalue weighted by atomic mass is 79.9. The summed E-state index contributed by atoms with van der Waals surface area (Å²) in [5.41, 5.74) is 1.46. The highest BCUT2D eigenvalue weighted by Crippen LogP contribution is 2.25. The molecule has 0 aromatic heterocycles. The number of benzene rings is 2. The fourth-order valence-electron chi connectivity index (χ4n) is 2.13. The summed E-state index contributed by atoms with van der Waals surface area (Å²) in [6.45, 7) is 0. The number of thioether (sulfide) groups is 1. The van der Waals surface area contributed by atoms with Gasteiger partial charge in [0, 0.05) is 16.6 Å². The van der Waals surface area contributed by atoms with Gasteiger partial charge in [0.1, 0.15) is 5.25 Å². The molecule has 1 aliphatic heterocycles. The lowest BCUT2D eigenvalue weighted by Gasteiger charge is -2.07. The molecule has 24 heavy (non-hydrogen) atoms. The van der Waals surface area contributed by atoms with Crippen LogP contribution in [0.2, 0.25) is 0 Å². The monoisotopic (exact) mass is 403 g/mol. The van der Waals surface area contributed by atoms with Crippen LogP contribution in [0.15, 0.2) is 64.1 Å². The number of anilines is 1. The number of halogens is 1. The Kier molecular flexibility index (Phi) is 5.32. The molecule has 1 fully saturated rings. The Balaban J connectivity index is 1.59. The molecule has 1 saturated heterocycles. The first-order chi connectivity index (χ1) is 11.6. The molecule has 5 nitrogen and oxygen atoms in total. The predicted octanol–water partition coefficient (Wildman–Crippen LogP) is 3.70. The Morgan fingerprint density at radius 3 is 2.58 bits per heavy atom. The van der Waals surface area contributed by atoms with Gasteiger partial charge in [0.2, 0.25) is 11.8 Å². The van der Waals surface area contributed by atoms with E-state index in [9.17, 15) is 9.59 Å². The third kappa shape index (κ3) is 4.46. The van der Waals surface area contributed by atoms with Gasteiger partial charge < -0.3 is 10.6 Å². The zero-order chi connectivity index (χ0) is 16.9. The molecule has 122 valence electrons. The Labute approximate surface area is 152 Å². The minimum absolute atomic E-state index is 0.0976. The fraction of sp³-hybridized carbons (Fsp3) is 0.118. The number of para-hydroxylation sites is 1. The molecule has 0 saturated carbocycles. The number of carbonyl (C=O) groups excluding carboxylic acids is 2. The summed E-state index contributed by atoms with van der Waals surface area (Å²) >= 11 is 4.62. The maximum absolute atomic E-state index is 12.1. The van der Waals surface area contributed by atoms with Gasteiger partial charge in [0.25, 0.3) is 0 Å². The summed E-state index contributed by atoms with van der Waals surface area (Å²) in [6.07, 6.45) is 0.0976. The van der Waals surface area contributed by atoms with Gasteiger partial charge in [0.15, 0.2) is 5.17 Å². The number of amidine groups is 1. The lowest BCUT2D eigenvalue weighted by molar-refractivity contribution is -0.122. The van der Waals surface area contributed by atoms with E-state index < -0.39 is 5.25 Å². The van der Waals surface area contributed by atoms with E-state index in [1.807, 2.05) is 42.5 Å². The molecular weight excluding hydrogens is 390 g/mol. The van der Waals surface area contributed by atoms with Crippen molar-refractivity contribution < 1.29 is 9.59 Å². The second-order valence-electron chi connectivity index (χ2n) is 5.11. The molecule has 0 aliphatic carbocycles. The number of nitrogens with one attached hydrogen (secondary N) is 2. The maximum atomic E-state index is 12.1. The van der Waals surface area contributed by atoms with Gasteiger partial charge in [-0.05, 0) is 36.4 Å². The van der Waals surface area contributed by atoms with E-state index in [0.717, 1.165) is 10.2 Å². The van der Waals surface area contributed by atoms with Crippen LogP contribution < -0.4 is 10.6 Å². The molecule has 2 amide bonds. The molecule has 3 rings (SSSR count). The molecule has 2 aromatic rings. The molecule has 0 spiro atoms. The average Bonchev–Trinajstić information content (AvgIpc) is 2.90. The Bertz CT molecular complexity index is 778. The minimum Gasteiger partial charge on any atom is -0.326 e. The van der Waals surface area contributed by atoms with Gasteiger partial charge in [-0.15, -0.1) is 0 Å². The largest absolute Gasteiger partial charge is 0.326 e. The predicted molar refractivity (Wildman–Crippen MR) is 100 cm³/mol. The van der Waals surface area contributed by atoms with E-state index in [1.54, 1.807) is 12.1 Å². The highest BCUT2D eigenvalue weighted by Gasteiger charge is 2.32. The third-order valence-electron chi connectivity index (χ3n) is 3.26. The van der Waals surface area contributed by atoms with Crippen LogP contribution in [0.1, 0.15) is 6.42 Å².